The van der Waals surface area contributed by atoms with E-state index in [9.17, 15) is 0 Å². The summed E-state index contributed by atoms with van der Waals surface area (Å²) in [5, 5.41) is 0. The second kappa shape index (κ2) is 7.22. The Bertz CT molecular complexity index is 182. The van der Waals surface area contributed by atoms with Gasteiger partial charge in [-0.25, -0.2) is 0 Å². The van der Waals surface area contributed by atoms with E-state index in [4.69, 9.17) is 15.3 Å². The number of nitrogens with one attached hydrogen (secondary N) is 1. The molecule has 0 radical (unpaired) electrons. The molecule has 1 fully saturated rings. The second-order valence-corrected chi connectivity index (χ2v) is 4.56. The van der Waals surface area contributed by atoms with Crippen LogP contribution >= 0.6 is 0 Å². The molecule has 0 aromatic heterocycles. The van der Waals surface area contributed by atoms with Crippen molar-refractivity contribution in [2.45, 2.75) is 57.1 Å². The van der Waals surface area contributed by atoms with Gasteiger partial charge in [-0.2, -0.15) is 0 Å². The minimum atomic E-state index is -0.0305. The van der Waals surface area contributed by atoms with E-state index in [1.165, 1.54) is 12.8 Å². The molecule has 1 aliphatic rings. The van der Waals surface area contributed by atoms with Crippen LogP contribution in [0, 0.1) is 0 Å². The van der Waals surface area contributed by atoms with Crippen LogP contribution in [0.2, 0.25) is 0 Å². The van der Waals surface area contributed by atoms with E-state index in [2.05, 4.69) is 12.3 Å². The van der Waals surface area contributed by atoms with Gasteiger partial charge in [-0.15, -0.1) is 0 Å². The monoisotopic (exact) mass is 230 g/mol. The van der Waals surface area contributed by atoms with E-state index < -0.39 is 0 Å². The Morgan fingerprint density at radius 2 is 2.06 bits per heavy atom. The Hall–Kier alpha value is -0.160. The van der Waals surface area contributed by atoms with Crippen molar-refractivity contribution in [2.75, 3.05) is 20.3 Å². The van der Waals surface area contributed by atoms with Crippen molar-refractivity contribution in [3.63, 3.8) is 0 Å². The normalized spacial score (nSPS) is 21.2. The lowest BCUT2D eigenvalue weighted by Gasteiger charge is -2.37. The van der Waals surface area contributed by atoms with Crippen LogP contribution in [0.5, 0.6) is 0 Å². The summed E-state index contributed by atoms with van der Waals surface area (Å²) in [6.07, 6.45) is 6.81. The number of hydrazine groups is 1. The van der Waals surface area contributed by atoms with Gasteiger partial charge in [0.15, 0.2) is 0 Å². The molecule has 0 heterocycles. The molecule has 16 heavy (non-hydrogen) atoms. The minimum Gasteiger partial charge on any atom is -0.385 e. The van der Waals surface area contributed by atoms with Crippen LogP contribution in [0.4, 0.5) is 0 Å². The van der Waals surface area contributed by atoms with Crippen molar-refractivity contribution in [1.82, 2.24) is 5.43 Å². The van der Waals surface area contributed by atoms with Gasteiger partial charge < -0.3 is 9.47 Å². The fraction of sp³-hybridized carbons (Fsp3) is 1.00. The Labute approximate surface area is 98.8 Å². The highest BCUT2D eigenvalue weighted by molar-refractivity contribution is 4.96. The molecule has 3 N–H and O–H groups in total. The molecular formula is C12H26N2O2. The number of nitrogens with two attached hydrogens (primary N) is 1. The second-order valence-electron chi connectivity index (χ2n) is 4.56. The molecule has 0 bridgehead atoms. The van der Waals surface area contributed by atoms with Crippen LogP contribution in [-0.4, -0.2) is 32.0 Å². The molecule has 0 aromatic rings. The maximum atomic E-state index is 5.99. The molecule has 0 saturated heterocycles. The Balaban J connectivity index is 2.51. The third-order valence-electron chi connectivity index (χ3n) is 3.56. The molecule has 96 valence electrons. The largest absolute Gasteiger partial charge is 0.385 e. The first-order chi connectivity index (χ1) is 7.79. The molecule has 4 nitrogen and oxygen atoms in total. The van der Waals surface area contributed by atoms with Gasteiger partial charge in [0.05, 0.1) is 11.6 Å². The molecule has 0 aromatic carbocycles. The van der Waals surface area contributed by atoms with Crippen LogP contribution in [0.15, 0.2) is 0 Å². The average Bonchev–Trinajstić information content (AvgIpc) is 2.74. The molecule has 0 aliphatic heterocycles. The first kappa shape index (κ1) is 13.9. The fourth-order valence-corrected chi connectivity index (χ4v) is 2.78. The number of hydrogen-bond acceptors (Lipinski definition) is 4. The zero-order valence-corrected chi connectivity index (χ0v) is 10.6. The third-order valence-corrected chi connectivity index (χ3v) is 3.56. The highest BCUT2D eigenvalue weighted by atomic mass is 16.5. The Morgan fingerprint density at radius 3 is 2.56 bits per heavy atom. The number of rotatable bonds is 8. The molecule has 4 heteroatoms. The summed E-state index contributed by atoms with van der Waals surface area (Å²) in [7, 11) is 1.73. The maximum absolute atomic E-state index is 5.99. The molecule has 1 rings (SSSR count). The van der Waals surface area contributed by atoms with Gasteiger partial charge in [-0.3, -0.25) is 11.3 Å². The van der Waals surface area contributed by atoms with E-state index in [-0.39, 0.29) is 11.6 Å². The summed E-state index contributed by atoms with van der Waals surface area (Å²) in [6, 6.07) is 0.255. The molecular weight excluding hydrogens is 204 g/mol. The molecule has 0 amide bonds. The van der Waals surface area contributed by atoms with Crippen molar-refractivity contribution in [3.05, 3.63) is 0 Å². The van der Waals surface area contributed by atoms with E-state index in [1.807, 2.05) is 0 Å². The third kappa shape index (κ3) is 3.42. The SMILES string of the molecule is CCOC1(C(CCCOC)NN)CCCC1. The van der Waals surface area contributed by atoms with Gasteiger partial charge in [0, 0.05) is 20.3 Å². The minimum absolute atomic E-state index is 0.0305. The van der Waals surface area contributed by atoms with Crippen LogP contribution in [0.25, 0.3) is 0 Å². The van der Waals surface area contributed by atoms with Gasteiger partial charge >= 0.3 is 0 Å². The number of hydrogen-bond donors (Lipinski definition) is 2. The lowest BCUT2D eigenvalue weighted by molar-refractivity contribution is -0.0644. The Morgan fingerprint density at radius 1 is 1.38 bits per heavy atom. The van der Waals surface area contributed by atoms with Crippen molar-refractivity contribution in [3.8, 4) is 0 Å². The quantitative estimate of drug-likeness (QED) is 0.378. The van der Waals surface area contributed by atoms with Gasteiger partial charge in [0.25, 0.3) is 0 Å². The van der Waals surface area contributed by atoms with Crippen LogP contribution < -0.4 is 11.3 Å². The molecule has 0 spiro atoms. The van der Waals surface area contributed by atoms with Gasteiger partial charge in [-0.05, 0) is 32.6 Å². The summed E-state index contributed by atoms with van der Waals surface area (Å²) in [6.45, 7) is 3.62. The predicted molar refractivity (Wildman–Crippen MR) is 65.0 cm³/mol. The lowest BCUT2D eigenvalue weighted by Crippen LogP contribution is -2.53. The standard InChI is InChI=1S/C12H26N2O2/c1-3-16-12(8-4-5-9-12)11(14-13)7-6-10-15-2/h11,14H,3-10,13H2,1-2H3. The van der Waals surface area contributed by atoms with Crippen molar-refractivity contribution < 1.29 is 9.47 Å². The van der Waals surface area contributed by atoms with Gasteiger partial charge in [0.1, 0.15) is 0 Å². The average molecular weight is 230 g/mol. The topological polar surface area (TPSA) is 56.5 Å². The number of methoxy groups -OCH3 is 1. The van der Waals surface area contributed by atoms with Crippen molar-refractivity contribution in [2.24, 2.45) is 5.84 Å². The zero-order valence-electron chi connectivity index (χ0n) is 10.6. The fourth-order valence-electron chi connectivity index (χ4n) is 2.78. The van der Waals surface area contributed by atoms with Crippen LogP contribution in [0.3, 0.4) is 0 Å². The first-order valence-corrected chi connectivity index (χ1v) is 6.38. The van der Waals surface area contributed by atoms with E-state index in [0.717, 1.165) is 38.9 Å². The van der Waals surface area contributed by atoms with E-state index in [1.54, 1.807) is 7.11 Å². The van der Waals surface area contributed by atoms with E-state index in [0.29, 0.717) is 0 Å². The molecule has 1 unspecified atom stereocenters. The Kier molecular flexibility index (Phi) is 6.28. The molecule has 1 aliphatic carbocycles. The van der Waals surface area contributed by atoms with Crippen molar-refractivity contribution in [1.29, 1.82) is 0 Å². The molecule has 1 atom stereocenters. The van der Waals surface area contributed by atoms with E-state index >= 15 is 0 Å². The van der Waals surface area contributed by atoms with Crippen LogP contribution in [-0.2, 0) is 9.47 Å². The summed E-state index contributed by atoms with van der Waals surface area (Å²) in [5.74, 6) is 5.68. The lowest BCUT2D eigenvalue weighted by atomic mass is 9.89. The highest BCUT2D eigenvalue weighted by Gasteiger charge is 2.41. The molecule has 1 saturated carbocycles. The first-order valence-electron chi connectivity index (χ1n) is 6.38. The predicted octanol–water partition coefficient (Wildman–Crippen LogP) is 1.59. The summed E-state index contributed by atoms with van der Waals surface area (Å²) >= 11 is 0. The maximum Gasteiger partial charge on any atom is 0.0848 e. The van der Waals surface area contributed by atoms with Gasteiger partial charge in [0.2, 0.25) is 0 Å². The smallest absolute Gasteiger partial charge is 0.0848 e. The highest BCUT2D eigenvalue weighted by Crippen LogP contribution is 2.37. The van der Waals surface area contributed by atoms with Crippen LogP contribution in [0.1, 0.15) is 45.4 Å². The summed E-state index contributed by atoms with van der Waals surface area (Å²) in [4.78, 5) is 0. The van der Waals surface area contributed by atoms with Crippen molar-refractivity contribution >= 4 is 0 Å². The number of ether oxygens (including phenoxy) is 2. The summed E-state index contributed by atoms with van der Waals surface area (Å²) in [5.41, 5.74) is 2.92. The van der Waals surface area contributed by atoms with Gasteiger partial charge in [-0.1, -0.05) is 12.8 Å². The summed E-state index contributed by atoms with van der Waals surface area (Å²) < 4.78 is 11.1. The zero-order chi connectivity index (χ0) is 11.9.